The van der Waals surface area contributed by atoms with E-state index in [1.807, 2.05) is 11.8 Å². The van der Waals surface area contributed by atoms with Crippen molar-refractivity contribution in [2.75, 3.05) is 18.0 Å². The molecular formula is C12H15N3O2. The Labute approximate surface area is 99.6 Å². The normalized spacial score (nSPS) is 23.7. The third kappa shape index (κ3) is 2.13. The zero-order chi connectivity index (χ0) is 12.5. The Balaban J connectivity index is 2.14. The van der Waals surface area contributed by atoms with Crippen LogP contribution in [0.2, 0.25) is 0 Å². The highest BCUT2D eigenvalue weighted by molar-refractivity contribution is 5.82. The van der Waals surface area contributed by atoms with Gasteiger partial charge in [-0.2, -0.15) is 0 Å². The summed E-state index contributed by atoms with van der Waals surface area (Å²) in [5.41, 5.74) is 5.45. The Hall–Kier alpha value is -1.91. The average Bonchev–Trinajstić information content (AvgIpc) is 2.74. The molecule has 0 aliphatic carbocycles. The number of nitrogens with two attached hydrogens (primary N) is 1. The summed E-state index contributed by atoms with van der Waals surface area (Å²) >= 11 is 0. The minimum atomic E-state index is -0.481. The van der Waals surface area contributed by atoms with Crippen molar-refractivity contribution in [3.63, 3.8) is 0 Å². The van der Waals surface area contributed by atoms with E-state index in [0.717, 1.165) is 25.1 Å². The van der Waals surface area contributed by atoms with Crippen LogP contribution in [-0.2, 0) is 4.79 Å². The number of rotatable bonds is 3. The number of aromatic nitrogens is 1. The molecule has 0 aromatic carbocycles. The quantitative estimate of drug-likeness (QED) is 0.775. The molecule has 1 aliphatic heterocycles. The van der Waals surface area contributed by atoms with Gasteiger partial charge in [-0.05, 0) is 25.5 Å². The highest BCUT2D eigenvalue weighted by atomic mass is 16.1. The third-order valence-electron chi connectivity index (χ3n) is 3.30. The Morgan fingerprint density at radius 1 is 1.59 bits per heavy atom. The van der Waals surface area contributed by atoms with Crippen LogP contribution >= 0.6 is 0 Å². The molecule has 2 N–H and O–H groups in total. The van der Waals surface area contributed by atoms with Crippen LogP contribution in [0.1, 0.15) is 23.7 Å². The summed E-state index contributed by atoms with van der Waals surface area (Å²) in [5, 5.41) is 0. The van der Waals surface area contributed by atoms with E-state index in [4.69, 9.17) is 5.73 Å². The molecule has 0 saturated carbocycles. The number of primary amides is 1. The summed E-state index contributed by atoms with van der Waals surface area (Å²) in [6.07, 6.45) is 3.02. The Morgan fingerprint density at radius 3 is 2.82 bits per heavy atom. The molecule has 1 aromatic heterocycles. The van der Waals surface area contributed by atoms with E-state index in [1.54, 1.807) is 12.1 Å². The van der Waals surface area contributed by atoms with Crippen LogP contribution in [0.15, 0.2) is 18.3 Å². The molecule has 2 heterocycles. The average molecular weight is 233 g/mol. The second-order valence-electron chi connectivity index (χ2n) is 4.66. The highest BCUT2D eigenvalue weighted by Crippen LogP contribution is 2.31. The van der Waals surface area contributed by atoms with E-state index in [0.29, 0.717) is 12.1 Å². The van der Waals surface area contributed by atoms with Gasteiger partial charge in [-0.1, -0.05) is 0 Å². The van der Waals surface area contributed by atoms with Crippen molar-refractivity contribution in [2.24, 2.45) is 11.1 Å². The number of pyridine rings is 1. The lowest BCUT2D eigenvalue weighted by Crippen LogP contribution is -2.37. The van der Waals surface area contributed by atoms with Crippen LogP contribution in [0.4, 0.5) is 5.82 Å². The van der Waals surface area contributed by atoms with Gasteiger partial charge in [0.15, 0.2) is 6.29 Å². The molecule has 1 saturated heterocycles. The smallest absolute Gasteiger partial charge is 0.225 e. The lowest BCUT2D eigenvalue weighted by molar-refractivity contribution is -0.125. The maximum absolute atomic E-state index is 11.3. The first-order valence-electron chi connectivity index (χ1n) is 5.51. The first kappa shape index (κ1) is 11.6. The maximum atomic E-state index is 11.3. The topological polar surface area (TPSA) is 76.3 Å². The van der Waals surface area contributed by atoms with Gasteiger partial charge >= 0.3 is 0 Å². The minimum absolute atomic E-state index is 0.274. The third-order valence-corrected chi connectivity index (χ3v) is 3.30. The van der Waals surface area contributed by atoms with Gasteiger partial charge in [0.25, 0.3) is 0 Å². The van der Waals surface area contributed by atoms with Crippen molar-refractivity contribution in [2.45, 2.75) is 13.3 Å². The van der Waals surface area contributed by atoms with Gasteiger partial charge in [0.1, 0.15) is 5.82 Å². The Bertz CT molecular complexity index is 444. The molecule has 1 amide bonds. The minimum Gasteiger partial charge on any atom is -0.369 e. The van der Waals surface area contributed by atoms with Crippen molar-refractivity contribution in [1.29, 1.82) is 0 Å². The molecule has 0 spiro atoms. The predicted molar refractivity (Wildman–Crippen MR) is 63.8 cm³/mol. The Morgan fingerprint density at radius 2 is 2.35 bits per heavy atom. The molecule has 1 aromatic rings. The fourth-order valence-electron chi connectivity index (χ4n) is 2.01. The van der Waals surface area contributed by atoms with Crippen molar-refractivity contribution in [3.8, 4) is 0 Å². The van der Waals surface area contributed by atoms with Gasteiger partial charge < -0.3 is 10.6 Å². The van der Waals surface area contributed by atoms with Gasteiger partial charge in [-0.25, -0.2) is 4.98 Å². The molecule has 5 heteroatoms. The molecular weight excluding hydrogens is 218 g/mol. The summed E-state index contributed by atoms with van der Waals surface area (Å²) in [4.78, 5) is 28.1. The lowest BCUT2D eigenvalue weighted by atomic mass is 9.89. The van der Waals surface area contributed by atoms with E-state index >= 15 is 0 Å². The van der Waals surface area contributed by atoms with E-state index in [-0.39, 0.29) is 5.91 Å². The zero-order valence-corrected chi connectivity index (χ0v) is 9.72. The van der Waals surface area contributed by atoms with E-state index in [2.05, 4.69) is 4.98 Å². The number of carbonyl (C=O) groups is 2. The van der Waals surface area contributed by atoms with Crippen LogP contribution in [0, 0.1) is 5.41 Å². The number of carbonyl (C=O) groups excluding carboxylic acids is 2. The molecule has 1 atom stereocenters. The molecule has 17 heavy (non-hydrogen) atoms. The zero-order valence-electron chi connectivity index (χ0n) is 9.72. The van der Waals surface area contributed by atoms with Gasteiger partial charge in [-0.15, -0.1) is 0 Å². The van der Waals surface area contributed by atoms with Crippen molar-refractivity contribution in [3.05, 3.63) is 23.9 Å². The molecule has 0 radical (unpaired) electrons. The summed E-state index contributed by atoms with van der Waals surface area (Å²) in [7, 11) is 0. The molecule has 1 unspecified atom stereocenters. The molecule has 5 nitrogen and oxygen atoms in total. The van der Waals surface area contributed by atoms with Gasteiger partial charge in [0, 0.05) is 24.8 Å². The summed E-state index contributed by atoms with van der Waals surface area (Å²) in [6, 6.07) is 3.51. The lowest BCUT2D eigenvalue weighted by Gasteiger charge is -2.21. The SMILES string of the molecule is CC1(C(N)=O)CCN(c2ccc(C=O)cn2)C1. The van der Waals surface area contributed by atoms with E-state index < -0.39 is 5.41 Å². The second-order valence-corrected chi connectivity index (χ2v) is 4.66. The van der Waals surface area contributed by atoms with Gasteiger partial charge in [0.05, 0.1) is 5.41 Å². The van der Waals surface area contributed by atoms with Crippen LogP contribution in [-0.4, -0.2) is 30.3 Å². The molecule has 90 valence electrons. The van der Waals surface area contributed by atoms with E-state index in [9.17, 15) is 9.59 Å². The van der Waals surface area contributed by atoms with Gasteiger partial charge in [-0.3, -0.25) is 9.59 Å². The Kier molecular flexibility index (Phi) is 2.83. The van der Waals surface area contributed by atoms with Crippen molar-refractivity contribution in [1.82, 2.24) is 4.98 Å². The van der Waals surface area contributed by atoms with Crippen molar-refractivity contribution >= 4 is 18.0 Å². The van der Waals surface area contributed by atoms with Crippen LogP contribution in [0.3, 0.4) is 0 Å². The number of aldehydes is 1. The van der Waals surface area contributed by atoms with Crippen molar-refractivity contribution < 1.29 is 9.59 Å². The van der Waals surface area contributed by atoms with Crippen LogP contribution < -0.4 is 10.6 Å². The second kappa shape index (κ2) is 4.16. The van der Waals surface area contributed by atoms with Crippen LogP contribution in [0.25, 0.3) is 0 Å². The molecule has 2 rings (SSSR count). The first-order valence-corrected chi connectivity index (χ1v) is 5.51. The summed E-state index contributed by atoms with van der Waals surface area (Å²) < 4.78 is 0. The number of anilines is 1. The fraction of sp³-hybridized carbons (Fsp3) is 0.417. The largest absolute Gasteiger partial charge is 0.369 e. The standard InChI is InChI=1S/C12H15N3O2/c1-12(11(13)17)4-5-15(8-12)10-3-2-9(7-16)6-14-10/h2-3,6-7H,4-5,8H2,1H3,(H2,13,17). The predicted octanol–water partition coefficient (Wildman–Crippen LogP) is 0.596. The number of nitrogens with zero attached hydrogens (tertiary/aromatic N) is 2. The number of hydrogen-bond acceptors (Lipinski definition) is 4. The maximum Gasteiger partial charge on any atom is 0.225 e. The van der Waals surface area contributed by atoms with E-state index in [1.165, 1.54) is 6.20 Å². The summed E-state index contributed by atoms with van der Waals surface area (Å²) in [5.74, 6) is 0.505. The first-order chi connectivity index (χ1) is 8.05. The molecule has 1 fully saturated rings. The molecule has 0 bridgehead atoms. The monoisotopic (exact) mass is 233 g/mol. The van der Waals surface area contributed by atoms with Gasteiger partial charge in [0.2, 0.25) is 5.91 Å². The fourth-order valence-corrected chi connectivity index (χ4v) is 2.01. The summed E-state index contributed by atoms with van der Waals surface area (Å²) in [6.45, 7) is 3.21. The number of hydrogen-bond donors (Lipinski definition) is 1. The van der Waals surface area contributed by atoms with Crippen LogP contribution in [0.5, 0.6) is 0 Å². The number of amides is 1. The molecule has 1 aliphatic rings. The highest BCUT2D eigenvalue weighted by Gasteiger charge is 2.39.